The quantitative estimate of drug-likeness (QED) is 0.517. The van der Waals surface area contributed by atoms with Crippen LogP contribution >= 0.6 is 23.1 Å². The molecule has 0 fully saturated rings. The molecule has 25 heavy (non-hydrogen) atoms. The minimum Gasteiger partial charge on any atom is -0.461 e. The summed E-state index contributed by atoms with van der Waals surface area (Å²) in [7, 11) is 0. The number of aromatic nitrogens is 4. The summed E-state index contributed by atoms with van der Waals surface area (Å²) in [5.74, 6) is 0.746. The molecule has 0 aliphatic heterocycles. The first-order valence-corrected chi connectivity index (χ1v) is 9.76. The predicted octanol–water partition coefficient (Wildman–Crippen LogP) is 3.82. The monoisotopic (exact) mass is 375 g/mol. The Hall–Kier alpha value is -2.26. The fraction of sp³-hybridized carbons (Fsp3) is 0.312. The Morgan fingerprint density at radius 2 is 2.20 bits per heavy atom. The normalized spacial score (nSPS) is 10.8. The average molecular weight is 375 g/mol. The Balaban J connectivity index is 1.88. The topological polar surface area (TPSA) is 93.8 Å². The number of carbonyl (C=O) groups is 1. The van der Waals surface area contributed by atoms with Gasteiger partial charge in [0.25, 0.3) is 5.91 Å². The maximum atomic E-state index is 12.7. The van der Waals surface area contributed by atoms with E-state index in [-0.39, 0.29) is 5.91 Å². The first-order chi connectivity index (χ1) is 12.1. The van der Waals surface area contributed by atoms with Gasteiger partial charge in [-0.2, -0.15) is 0 Å². The van der Waals surface area contributed by atoms with E-state index < -0.39 is 0 Å². The summed E-state index contributed by atoms with van der Waals surface area (Å²) in [5.41, 5.74) is 1.02. The summed E-state index contributed by atoms with van der Waals surface area (Å²) in [6.45, 7) is 3.86. The van der Waals surface area contributed by atoms with Crippen molar-refractivity contribution in [1.82, 2.24) is 20.2 Å². The smallest absolute Gasteiger partial charge is 0.262 e. The van der Waals surface area contributed by atoms with Crippen molar-refractivity contribution >= 4 is 34.1 Å². The molecule has 3 heterocycles. The van der Waals surface area contributed by atoms with Gasteiger partial charge in [0.2, 0.25) is 5.13 Å². The molecule has 0 radical (unpaired) electrons. The molecule has 0 bridgehead atoms. The third kappa shape index (κ3) is 3.88. The highest BCUT2D eigenvalue weighted by atomic mass is 32.2. The van der Waals surface area contributed by atoms with Gasteiger partial charge in [0.1, 0.15) is 10.0 Å². The van der Waals surface area contributed by atoms with Crippen molar-refractivity contribution in [3.8, 4) is 11.6 Å². The van der Waals surface area contributed by atoms with Crippen molar-refractivity contribution in [1.29, 1.82) is 0 Å². The van der Waals surface area contributed by atoms with Crippen molar-refractivity contribution in [3.63, 3.8) is 0 Å². The number of hydrogen-bond donors (Lipinski definition) is 1. The number of carbonyl (C=O) groups excluding carboxylic acids is 1. The summed E-state index contributed by atoms with van der Waals surface area (Å²) in [4.78, 5) is 21.6. The average Bonchev–Trinajstić information content (AvgIpc) is 3.26. The van der Waals surface area contributed by atoms with Gasteiger partial charge in [-0.1, -0.05) is 18.3 Å². The number of amides is 1. The maximum Gasteiger partial charge on any atom is 0.262 e. The summed E-state index contributed by atoms with van der Waals surface area (Å²) < 4.78 is 5.34. The number of rotatable bonds is 6. The molecule has 0 aliphatic carbocycles. The molecule has 7 nitrogen and oxygen atoms in total. The minimum atomic E-state index is -0.285. The first-order valence-electron chi connectivity index (χ1n) is 7.72. The molecule has 3 rings (SSSR count). The molecule has 1 N–H and O–H groups in total. The van der Waals surface area contributed by atoms with Gasteiger partial charge in [0, 0.05) is 6.42 Å². The number of nitrogens with one attached hydrogen (secondary N) is 1. The molecule has 3 aromatic heterocycles. The third-order valence-electron chi connectivity index (χ3n) is 3.37. The van der Waals surface area contributed by atoms with Crippen molar-refractivity contribution in [3.05, 3.63) is 34.7 Å². The van der Waals surface area contributed by atoms with Gasteiger partial charge in [0.15, 0.2) is 11.6 Å². The molecule has 9 heteroatoms. The van der Waals surface area contributed by atoms with Crippen molar-refractivity contribution in [2.45, 2.75) is 31.7 Å². The van der Waals surface area contributed by atoms with Crippen LogP contribution in [0, 0.1) is 6.92 Å². The van der Waals surface area contributed by atoms with E-state index in [4.69, 9.17) is 4.42 Å². The Kier molecular flexibility index (Phi) is 5.44. The molecule has 1 amide bonds. The molecule has 0 atom stereocenters. The standard InChI is InChI=1S/C16H17N5O2S2/c1-4-6-11-20-21-16(25-11)19-14(22)12-9(2)17-13(18-15(12)24-3)10-7-5-8-23-10/h5,7-8H,4,6H2,1-3H3,(H,19,21,22). The molecule has 0 unspecified atom stereocenters. The largest absolute Gasteiger partial charge is 0.461 e. The molecular weight excluding hydrogens is 358 g/mol. The molecule has 0 saturated heterocycles. The van der Waals surface area contributed by atoms with E-state index >= 15 is 0 Å². The summed E-state index contributed by atoms with van der Waals surface area (Å²) in [6.07, 6.45) is 5.27. The SMILES string of the molecule is CCCc1nnc(NC(=O)c2c(C)nc(-c3ccco3)nc2SC)s1. The highest BCUT2D eigenvalue weighted by Gasteiger charge is 2.21. The van der Waals surface area contributed by atoms with Crippen molar-refractivity contribution in [2.75, 3.05) is 11.6 Å². The Morgan fingerprint density at radius 3 is 2.88 bits per heavy atom. The van der Waals surface area contributed by atoms with E-state index in [0.717, 1.165) is 17.8 Å². The van der Waals surface area contributed by atoms with Crippen LogP contribution in [0.3, 0.4) is 0 Å². The highest BCUT2D eigenvalue weighted by Crippen LogP contribution is 2.26. The number of thioether (sulfide) groups is 1. The zero-order chi connectivity index (χ0) is 17.8. The predicted molar refractivity (Wildman–Crippen MR) is 98.1 cm³/mol. The zero-order valence-electron chi connectivity index (χ0n) is 14.1. The van der Waals surface area contributed by atoms with Crippen LogP contribution < -0.4 is 5.32 Å². The Morgan fingerprint density at radius 1 is 1.36 bits per heavy atom. The van der Waals surface area contributed by atoms with Gasteiger partial charge in [-0.05, 0) is 31.7 Å². The first kappa shape index (κ1) is 17.6. The number of anilines is 1. The lowest BCUT2D eigenvalue weighted by Gasteiger charge is -2.10. The second kappa shape index (κ2) is 7.75. The molecule has 130 valence electrons. The lowest BCUT2D eigenvalue weighted by molar-refractivity contribution is 0.102. The second-order valence-corrected chi connectivity index (χ2v) is 7.06. The van der Waals surface area contributed by atoms with Crippen LogP contribution in [-0.4, -0.2) is 32.3 Å². The van der Waals surface area contributed by atoms with Gasteiger partial charge in [-0.3, -0.25) is 10.1 Å². The van der Waals surface area contributed by atoms with E-state index in [1.165, 1.54) is 23.1 Å². The van der Waals surface area contributed by atoms with Gasteiger partial charge in [0.05, 0.1) is 17.5 Å². The van der Waals surface area contributed by atoms with Gasteiger partial charge >= 0.3 is 0 Å². The Labute approximate surface area is 153 Å². The van der Waals surface area contributed by atoms with Gasteiger partial charge < -0.3 is 4.42 Å². The van der Waals surface area contributed by atoms with E-state index in [0.29, 0.717) is 33.0 Å². The number of aryl methyl sites for hydroxylation is 2. The molecule has 3 aromatic rings. The van der Waals surface area contributed by atoms with E-state index in [1.54, 1.807) is 25.3 Å². The molecule has 0 spiro atoms. The summed E-state index contributed by atoms with van der Waals surface area (Å²) >= 11 is 2.77. The molecule has 0 aromatic carbocycles. The van der Waals surface area contributed by atoms with E-state index in [1.807, 2.05) is 6.26 Å². The van der Waals surface area contributed by atoms with E-state index in [9.17, 15) is 4.79 Å². The zero-order valence-corrected chi connectivity index (χ0v) is 15.7. The van der Waals surface area contributed by atoms with Gasteiger partial charge in [-0.25, -0.2) is 9.97 Å². The second-order valence-electron chi connectivity index (χ2n) is 5.20. The minimum absolute atomic E-state index is 0.285. The summed E-state index contributed by atoms with van der Waals surface area (Å²) in [5, 5.41) is 12.9. The molecule has 0 aliphatic rings. The lowest BCUT2D eigenvalue weighted by atomic mass is 10.2. The van der Waals surface area contributed by atoms with Crippen LogP contribution in [0.5, 0.6) is 0 Å². The van der Waals surface area contributed by atoms with Crippen LogP contribution in [0.1, 0.15) is 34.4 Å². The van der Waals surface area contributed by atoms with Crippen molar-refractivity contribution < 1.29 is 9.21 Å². The molecule has 0 saturated carbocycles. The maximum absolute atomic E-state index is 12.7. The number of furan rings is 1. The number of hydrogen-bond acceptors (Lipinski definition) is 8. The lowest BCUT2D eigenvalue weighted by Crippen LogP contribution is -2.16. The van der Waals surface area contributed by atoms with Crippen LogP contribution in [0.15, 0.2) is 27.8 Å². The van der Waals surface area contributed by atoms with E-state index in [2.05, 4.69) is 32.4 Å². The van der Waals surface area contributed by atoms with Crippen LogP contribution in [0.2, 0.25) is 0 Å². The van der Waals surface area contributed by atoms with Crippen LogP contribution in [0.25, 0.3) is 11.6 Å². The third-order valence-corrected chi connectivity index (χ3v) is 4.95. The van der Waals surface area contributed by atoms with Crippen LogP contribution in [0.4, 0.5) is 5.13 Å². The van der Waals surface area contributed by atoms with Crippen LogP contribution in [-0.2, 0) is 6.42 Å². The van der Waals surface area contributed by atoms with Gasteiger partial charge in [-0.15, -0.1) is 22.0 Å². The fourth-order valence-corrected chi connectivity index (χ4v) is 3.71. The van der Waals surface area contributed by atoms with Crippen molar-refractivity contribution in [2.24, 2.45) is 0 Å². The highest BCUT2D eigenvalue weighted by molar-refractivity contribution is 7.98. The molecular formula is C16H17N5O2S2. The summed E-state index contributed by atoms with van der Waals surface area (Å²) in [6, 6.07) is 3.56. The fourth-order valence-electron chi connectivity index (χ4n) is 2.25. The Bertz CT molecular complexity index is 877. The number of nitrogens with zero attached hydrogens (tertiary/aromatic N) is 4.